The Kier molecular flexibility index (Phi) is 4.61. The van der Waals surface area contributed by atoms with Crippen LogP contribution in [0.25, 0.3) is 0 Å². The third-order valence-corrected chi connectivity index (χ3v) is 4.44. The Morgan fingerprint density at radius 2 is 2.08 bits per heavy atom. The fourth-order valence-electron chi connectivity index (χ4n) is 3.36. The van der Waals surface area contributed by atoms with Gasteiger partial charge in [-0.15, -0.1) is 0 Å². The number of hydrogen-bond acceptors (Lipinski definition) is 5. The molecule has 0 aromatic carbocycles. The minimum absolute atomic E-state index is 0.0236. The Bertz CT molecular complexity index is 821. The number of aromatic nitrogens is 4. The van der Waals surface area contributed by atoms with Crippen LogP contribution < -0.4 is 5.32 Å². The van der Waals surface area contributed by atoms with Crippen LogP contribution in [-0.2, 0) is 27.4 Å². The van der Waals surface area contributed by atoms with Crippen molar-refractivity contribution in [3.8, 4) is 0 Å². The van der Waals surface area contributed by atoms with Crippen molar-refractivity contribution in [1.29, 1.82) is 0 Å². The Labute approximate surface area is 146 Å². The Morgan fingerprint density at radius 3 is 2.72 bits per heavy atom. The highest BCUT2D eigenvalue weighted by Crippen LogP contribution is 2.40. The van der Waals surface area contributed by atoms with Crippen molar-refractivity contribution in [3.05, 3.63) is 28.7 Å². The van der Waals surface area contributed by atoms with Gasteiger partial charge in [-0.25, -0.2) is 4.68 Å². The van der Waals surface area contributed by atoms with Crippen molar-refractivity contribution in [2.75, 3.05) is 11.9 Å². The number of nitrogens with one attached hydrogen (secondary N) is 1. The molecule has 1 atom stereocenters. The largest absolute Gasteiger partial charge is 0.465 e. The average molecular weight is 345 g/mol. The van der Waals surface area contributed by atoms with E-state index in [1.165, 1.54) is 4.68 Å². The van der Waals surface area contributed by atoms with Gasteiger partial charge in [-0.3, -0.25) is 14.3 Å². The van der Waals surface area contributed by atoms with Crippen LogP contribution in [0.5, 0.6) is 0 Å². The third kappa shape index (κ3) is 3.16. The first-order valence-corrected chi connectivity index (χ1v) is 8.51. The lowest BCUT2D eigenvalue weighted by Crippen LogP contribution is -2.26. The van der Waals surface area contributed by atoms with E-state index in [4.69, 9.17) is 4.74 Å². The lowest BCUT2D eigenvalue weighted by Gasteiger charge is -2.23. The van der Waals surface area contributed by atoms with Gasteiger partial charge in [-0.2, -0.15) is 10.2 Å². The van der Waals surface area contributed by atoms with Gasteiger partial charge in [0.15, 0.2) is 0 Å². The summed E-state index contributed by atoms with van der Waals surface area (Å²) in [6, 6.07) is 0. The number of carbonyl (C=O) groups is 2. The van der Waals surface area contributed by atoms with Crippen LogP contribution in [0.1, 0.15) is 48.7 Å². The smallest absolute Gasteiger partial charge is 0.327 e. The number of carbonyl (C=O) groups excluding carboxylic acids is 2. The molecule has 1 N–H and O–H groups in total. The molecule has 8 nitrogen and oxygen atoms in total. The summed E-state index contributed by atoms with van der Waals surface area (Å²) in [5.41, 5.74) is 3.68. The fraction of sp³-hybridized carbons (Fsp3) is 0.529. The first-order valence-electron chi connectivity index (χ1n) is 8.51. The van der Waals surface area contributed by atoms with Gasteiger partial charge in [-0.1, -0.05) is 0 Å². The number of aryl methyl sites for hydroxylation is 3. The number of fused-ring (bicyclic) bond motifs is 1. The highest BCUT2D eigenvalue weighted by molar-refractivity contribution is 5.95. The van der Waals surface area contributed by atoms with Crippen molar-refractivity contribution in [2.24, 2.45) is 0 Å². The molecule has 1 aliphatic rings. The van der Waals surface area contributed by atoms with Gasteiger partial charge < -0.3 is 10.1 Å². The summed E-state index contributed by atoms with van der Waals surface area (Å²) in [6.45, 7) is 8.69. The molecule has 0 spiro atoms. The van der Waals surface area contributed by atoms with E-state index >= 15 is 0 Å². The molecule has 0 saturated carbocycles. The van der Waals surface area contributed by atoms with Gasteiger partial charge in [0, 0.05) is 36.2 Å². The Hall–Kier alpha value is -2.64. The normalized spacial score (nSPS) is 16.5. The summed E-state index contributed by atoms with van der Waals surface area (Å²) in [4.78, 5) is 24.1. The number of esters is 1. The molecule has 0 saturated heterocycles. The zero-order valence-corrected chi connectivity index (χ0v) is 15.0. The summed E-state index contributed by atoms with van der Waals surface area (Å²) >= 11 is 0. The molecule has 25 heavy (non-hydrogen) atoms. The van der Waals surface area contributed by atoms with E-state index in [2.05, 4.69) is 15.5 Å². The van der Waals surface area contributed by atoms with E-state index in [1.807, 2.05) is 31.6 Å². The molecule has 0 radical (unpaired) electrons. The summed E-state index contributed by atoms with van der Waals surface area (Å²) in [5.74, 6) is 0.000704. The molecule has 0 unspecified atom stereocenters. The first kappa shape index (κ1) is 17.2. The number of anilines is 1. The van der Waals surface area contributed by atoms with Crippen molar-refractivity contribution in [3.63, 3.8) is 0 Å². The fourth-order valence-corrected chi connectivity index (χ4v) is 3.36. The molecule has 3 rings (SSSR count). The van der Waals surface area contributed by atoms with Gasteiger partial charge in [-0.05, 0) is 27.7 Å². The number of nitrogens with zero attached hydrogens (tertiary/aromatic N) is 4. The first-order chi connectivity index (χ1) is 11.9. The maximum absolute atomic E-state index is 12.3. The van der Waals surface area contributed by atoms with Crippen molar-refractivity contribution in [2.45, 2.75) is 53.1 Å². The topological polar surface area (TPSA) is 91.0 Å². The molecule has 3 heterocycles. The lowest BCUT2D eigenvalue weighted by atomic mass is 9.86. The summed E-state index contributed by atoms with van der Waals surface area (Å²) in [6.07, 6.45) is 2.33. The zero-order chi connectivity index (χ0) is 18.1. The van der Waals surface area contributed by atoms with E-state index in [-0.39, 0.29) is 24.3 Å². The van der Waals surface area contributed by atoms with Gasteiger partial charge in [0.2, 0.25) is 5.91 Å². The van der Waals surface area contributed by atoms with Gasteiger partial charge in [0.1, 0.15) is 12.4 Å². The standard InChI is InChI=1S/C17H23N5O3/c1-5-21-8-13(10(3)19-21)12-7-14(23)18-17-16(12)11(4)20-22(17)9-15(24)25-6-2/h8,12H,5-7,9H2,1-4H3,(H,18,23)/t12-/m1/s1. The Balaban J connectivity index is 2.03. The molecule has 0 fully saturated rings. The average Bonchev–Trinajstić information content (AvgIpc) is 3.07. The van der Waals surface area contributed by atoms with E-state index in [0.29, 0.717) is 18.8 Å². The minimum atomic E-state index is -0.376. The molecule has 0 bridgehead atoms. The van der Waals surface area contributed by atoms with Crippen LogP contribution in [0.15, 0.2) is 6.20 Å². The molecule has 8 heteroatoms. The molecule has 1 amide bonds. The summed E-state index contributed by atoms with van der Waals surface area (Å²) in [5, 5.41) is 11.8. The summed E-state index contributed by atoms with van der Waals surface area (Å²) < 4.78 is 8.39. The quantitative estimate of drug-likeness (QED) is 0.834. The van der Waals surface area contributed by atoms with Crippen LogP contribution in [0.4, 0.5) is 5.82 Å². The predicted octanol–water partition coefficient (Wildman–Crippen LogP) is 1.75. The van der Waals surface area contributed by atoms with Crippen molar-refractivity contribution < 1.29 is 14.3 Å². The monoisotopic (exact) mass is 345 g/mol. The van der Waals surface area contributed by atoms with E-state index in [0.717, 1.165) is 29.1 Å². The number of rotatable bonds is 5. The molecular formula is C17H23N5O3. The SMILES string of the molecule is CCOC(=O)Cn1nc(C)c2c1NC(=O)C[C@@H]2c1cn(CC)nc1C. The van der Waals surface area contributed by atoms with Crippen LogP contribution in [0, 0.1) is 13.8 Å². The van der Waals surface area contributed by atoms with E-state index in [1.54, 1.807) is 6.92 Å². The maximum atomic E-state index is 12.3. The van der Waals surface area contributed by atoms with Crippen LogP contribution >= 0.6 is 0 Å². The zero-order valence-electron chi connectivity index (χ0n) is 15.0. The maximum Gasteiger partial charge on any atom is 0.327 e. The van der Waals surface area contributed by atoms with Gasteiger partial charge in [0.25, 0.3) is 0 Å². The summed E-state index contributed by atoms with van der Waals surface area (Å²) in [7, 11) is 0. The highest BCUT2D eigenvalue weighted by atomic mass is 16.5. The van der Waals surface area contributed by atoms with Gasteiger partial charge >= 0.3 is 5.97 Å². The molecule has 2 aromatic rings. The second-order valence-electron chi connectivity index (χ2n) is 6.14. The molecule has 2 aromatic heterocycles. The third-order valence-electron chi connectivity index (χ3n) is 4.44. The van der Waals surface area contributed by atoms with Crippen LogP contribution in [0.2, 0.25) is 0 Å². The Morgan fingerprint density at radius 1 is 1.32 bits per heavy atom. The van der Waals surface area contributed by atoms with E-state index in [9.17, 15) is 9.59 Å². The van der Waals surface area contributed by atoms with Crippen molar-refractivity contribution >= 4 is 17.7 Å². The molecule has 134 valence electrons. The van der Waals surface area contributed by atoms with Gasteiger partial charge in [0.05, 0.1) is 18.0 Å². The van der Waals surface area contributed by atoms with E-state index < -0.39 is 0 Å². The predicted molar refractivity (Wildman–Crippen MR) is 91.3 cm³/mol. The lowest BCUT2D eigenvalue weighted by molar-refractivity contribution is -0.144. The number of amides is 1. The minimum Gasteiger partial charge on any atom is -0.465 e. The van der Waals surface area contributed by atoms with Crippen LogP contribution in [0.3, 0.4) is 0 Å². The second-order valence-corrected chi connectivity index (χ2v) is 6.14. The second kappa shape index (κ2) is 6.70. The highest BCUT2D eigenvalue weighted by Gasteiger charge is 2.34. The van der Waals surface area contributed by atoms with Crippen molar-refractivity contribution in [1.82, 2.24) is 19.6 Å². The molecular weight excluding hydrogens is 322 g/mol. The molecule has 1 aliphatic heterocycles. The number of ether oxygens (including phenoxy) is 1. The number of hydrogen-bond donors (Lipinski definition) is 1. The molecule has 0 aliphatic carbocycles. The van der Waals surface area contributed by atoms with Crippen LogP contribution in [-0.4, -0.2) is 38.0 Å².